The summed E-state index contributed by atoms with van der Waals surface area (Å²) in [7, 11) is 2.74. The summed E-state index contributed by atoms with van der Waals surface area (Å²) in [6, 6.07) is 10.9. The molecule has 0 saturated carbocycles. The summed E-state index contributed by atoms with van der Waals surface area (Å²) >= 11 is 0. The summed E-state index contributed by atoms with van der Waals surface area (Å²) in [6.45, 7) is 0.223. The summed E-state index contributed by atoms with van der Waals surface area (Å²) in [5, 5.41) is 2.69. The molecule has 0 saturated heterocycles. The van der Waals surface area contributed by atoms with Crippen LogP contribution in [0.5, 0.6) is 5.75 Å². The first kappa shape index (κ1) is 18.2. The minimum Gasteiger partial charge on any atom is -0.496 e. The Morgan fingerprint density at radius 2 is 1.96 bits per heavy atom. The van der Waals surface area contributed by atoms with Gasteiger partial charge in [0, 0.05) is 12.6 Å². The molecule has 0 heterocycles. The van der Waals surface area contributed by atoms with Crippen LogP contribution in [0.4, 0.5) is 4.39 Å². The zero-order valence-electron chi connectivity index (χ0n) is 13.9. The van der Waals surface area contributed by atoms with Crippen molar-refractivity contribution in [3.63, 3.8) is 0 Å². The van der Waals surface area contributed by atoms with Gasteiger partial charge in [-0.05, 0) is 41.5 Å². The molecule has 25 heavy (non-hydrogen) atoms. The summed E-state index contributed by atoms with van der Waals surface area (Å²) < 4.78 is 22.9. The number of hydrogen-bond acceptors (Lipinski definition) is 4. The highest BCUT2D eigenvalue weighted by molar-refractivity contribution is 5.93. The molecule has 0 aliphatic carbocycles. The molecule has 6 heteroatoms. The minimum absolute atomic E-state index is 0.223. The third-order valence-electron chi connectivity index (χ3n) is 3.41. The number of hydrogen-bond donors (Lipinski definition) is 1. The Balaban J connectivity index is 2.00. The van der Waals surface area contributed by atoms with E-state index in [-0.39, 0.29) is 23.8 Å². The second kappa shape index (κ2) is 8.63. The highest BCUT2D eigenvalue weighted by atomic mass is 19.1. The molecule has 0 unspecified atom stereocenters. The van der Waals surface area contributed by atoms with Gasteiger partial charge in [-0.2, -0.15) is 0 Å². The second-order valence-corrected chi connectivity index (χ2v) is 5.13. The fourth-order valence-electron chi connectivity index (χ4n) is 2.16. The van der Waals surface area contributed by atoms with Crippen molar-refractivity contribution in [1.29, 1.82) is 0 Å². The van der Waals surface area contributed by atoms with E-state index in [2.05, 4.69) is 5.32 Å². The number of nitrogens with one attached hydrogen (secondary N) is 1. The summed E-state index contributed by atoms with van der Waals surface area (Å²) in [5.74, 6) is -0.820. The number of amides is 1. The van der Waals surface area contributed by atoms with E-state index in [4.69, 9.17) is 9.47 Å². The van der Waals surface area contributed by atoms with Crippen molar-refractivity contribution in [2.24, 2.45) is 0 Å². The SMILES string of the molecule is COC(=O)c1cc(CNC(=O)C=Cc2cccc(F)c2)ccc1OC. The Morgan fingerprint density at radius 1 is 1.16 bits per heavy atom. The van der Waals surface area contributed by atoms with E-state index in [1.165, 1.54) is 38.5 Å². The summed E-state index contributed by atoms with van der Waals surface area (Å²) in [6.07, 6.45) is 2.84. The minimum atomic E-state index is -0.518. The van der Waals surface area contributed by atoms with Crippen LogP contribution in [0.2, 0.25) is 0 Å². The maximum Gasteiger partial charge on any atom is 0.341 e. The van der Waals surface area contributed by atoms with E-state index in [0.717, 1.165) is 0 Å². The zero-order valence-corrected chi connectivity index (χ0v) is 13.9. The van der Waals surface area contributed by atoms with Gasteiger partial charge in [0.2, 0.25) is 5.91 Å². The first-order chi connectivity index (χ1) is 12.0. The molecule has 0 radical (unpaired) electrons. The lowest BCUT2D eigenvalue weighted by molar-refractivity contribution is -0.116. The molecule has 2 aromatic carbocycles. The lowest BCUT2D eigenvalue weighted by Crippen LogP contribution is -2.20. The third kappa shape index (κ3) is 5.17. The van der Waals surface area contributed by atoms with Crippen LogP contribution < -0.4 is 10.1 Å². The molecule has 0 spiro atoms. The van der Waals surface area contributed by atoms with Gasteiger partial charge in [-0.15, -0.1) is 0 Å². The van der Waals surface area contributed by atoms with E-state index in [1.54, 1.807) is 30.3 Å². The van der Waals surface area contributed by atoms with Crippen molar-refractivity contribution in [2.75, 3.05) is 14.2 Å². The molecular formula is C19H18FNO4. The predicted octanol–water partition coefficient (Wildman–Crippen LogP) is 2.95. The molecule has 0 bridgehead atoms. The molecular weight excluding hydrogens is 325 g/mol. The number of rotatable bonds is 6. The van der Waals surface area contributed by atoms with Crippen LogP contribution in [0, 0.1) is 5.82 Å². The van der Waals surface area contributed by atoms with Crippen LogP contribution in [0.3, 0.4) is 0 Å². The Kier molecular flexibility index (Phi) is 6.28. The molecule has 0 fully saturated rings. The quantitative estimate of drug-likeness (QED) is 0.647. The van der Waals surface area contributed by atoms with Gasteiger partial charge >= 0.3 is 5.97 Å². The van der Waals surface area contributed by atoms with Crippen molar-refractivity contribution in [1.82, 2.24) is 5.32 Å². The Hall–Kier alpha value is -3.15. The highest BCUT2D eigenvalue weighted by Crippen LogP contribution is 2.20. The fraction of sp³-hybridized carbons (Fsp3) is 0.158. The van der Waals surface area contributed by atoms with Gasteiger partial charge in [0.05, 0.1) is 14.2 Å². The average molecular weight is 343 g/mol. The number of halogens is 1. The molecule has 1 amide bonds. The van der Waals surface area contributed by atoms with Crippen LogP contribution in [0.15, 0.2) is 48.5 Å². The smallest absolute Gasteiger partial charge is 0.341 e. The van der Waals surface area contributed by atoms with Gasteiger partial charge in [0.15, 0.2) is 0 Å². The summed E-state index contributed by atoms with van der Waals surface area (Å²) in [4.78, 5) is 23.6. The molecule has 0 aliphatic rings. The molecule has 2 rings (SSSR count). The first-order valence-electron chi connectivity index (χ1n) is 7.50. The predicted molar refractivity (Wildman–Crippen MR) is 91.6 cm³/mol. The number of esters is 1. The number of methoxy groups -OCH3 is 2. The Labute approximate surface area is 145 Å². The monoisotopic (exact) mass is 343 g/mol. The zero-order chi connectivity index (χ0) is 18.2. The largest absolute Gasteiger partial charge is 0.496 e. The van der Waals surface area contributed by atoms with Crippen molar-refractivity contribution in [2.45, 2.75) is 6.54 Å². The van der Waals surface area contributed by atoms with Gasteiger partial charge in [-0.3, -0.25) is 4.79 Å². The third-order valence-corrected chi connectivity index (χ3v) is 3.41. The van der Waals surface area contributed by atoms with Crippen molar-refractivity contribution >= 4 is 18.0 Å². The van der Waals surface area contributed by atoms with E-state index >= 15 is 0 Å². The maximum absolute atomic E-state index is 13.1. The molecule has 0 atom stereocenters. The van der Waals surface area contributed by atoms with Gasteiger partial charge in [-0.1, -0.05) is 18.2 Å². The van der Waals surface area contributed by atoms with Gasteiger partial charge < -0.3 is 14.8 Å². The molecule has 5 nitrogen and oxygen atoms in total. The highest BCUT2D eigenvalue weighted by Gasteiger charge is 2.13. The Bertz CT molecular complexity index is 802. The number of ether oxygens (including phenoxy) is 2. The Morgan fingerprint density at radius 3 is 2.64 bits per heavy atom. The van der Waals surface area contributed by atoms with Crippen LogP contribution in [0.1, 0.15) is 21.5 Å². The fourth-order valence-corrected chi connectivity index (χ4v) is 2.16. The maximum atomic E-state index is 13.1. The summed E-state index contributed by atoms with van der Waals surface area (Å²) in [5.41, 5.74) is 1.59. The number of benzene rings is 2. The standard InChI is InChI=1S/C19H18FNO4/c1-24-17-8-6-14(11-16(17)19(23)25-2)12-21-18(22)9-7-13-4-3-5-15(20)10-13/h3-11H,12H2,1-2H3,(H,21,22). The normalized spacial score (nSPS) is 10.5. The van der Waals surface area contributed by atoms with Gasteiger partial charge in [0.25, 0.3) is 0 Å². The van der Waals surface area contributed by atoms with Gasteiger partial charge in [-0.25, -0.2) is 9.18 Å². The molecule has 1 N–H and O–H groups in total. The first-order valence-corrected chi connectivity index (χ1v) is 7.50. The van der Waals surface area contributed by atoms with Crippen LogP contribution in [0.25, 0.3) is 6.08 Å². The van der Waals surface area contributed by atoms with Gasteiger partial charge in [0.1, 0.15) is 17.1 Å². The van der Waals surface area contributed by atoms with Crippen molar-refractivity contribution in [3.8, 4) is 5.75 Å². The van der Waals surface area contributed by atoms with Crippen molar-refractivity contribution in [3.05, 3.63) is 71.0 Å². The van der Waals surface area contributed by atoms with Crippen LogP contribution in [-0.2, 0) is 16.1 Å². The van der Waals surface area contributed by atoms with Crippen LogP contribution in [-0.4, -0.2) is 26.1 Å². The van der Waals surface area contributed by atoms with Crippen LogP contribution >= 0.6 is 0 Å². The molecule has 0 aromatic heterocycles. The lowest BCUT2D eigenvalue weighted by Gasteiger charge is -2.09. The number of carbonyl (C=O) groups excluding carboxylic acids is 2. The van der Waals surface area contributed by atoms with E-state index in [0.29, 0.717) is 16.9 Å². The second-order valence-electron chi connectivity index (χ2n) is 5.13. The van der Waals surface area contributed by atoms with Crippen molar-refractivity contribution < 1.29 is 23.5 Å². The topological polar surface area (TPSA) is 64.6 Å². The molecule has 0 aliphatic heterocycles. The number of carbonyl (C=O) groups is 2. The molecule has 130 valence electrons. The van der Waals surface area contributed by atoms with E-state index in [1.807, 2.05) is 0 Å². The molecule has 2 aromatic rings. The average Bonchev–Trinajstić information content (AvgIpc) is 2.63. The lowest BCUT2D eigenvalue weighted by atomic mass is 10.1. The van der Waals surface area contributed by atoms with E-state index in [9.17, 15) is 14.0 Å². The van der Waals surface area contributed by atoms with E-state index < -0.39 is 5.97 Å².